The normalized spacial score (nSPS) is 15.3. The van der Waals surface area contributed by atoms with Crippen LogP contribution < -0.4 is 0 Å². The second kappa shape index (κ2) is 8.33. The number of rotatable bonds is 5. The molecular formula is C22H25ClN4O. The van der Waals surface area contributed by atoms with Crippen LogP contribution in [0.4, 0.5) is 0 Å². The third-order valence-electron chi connectivity index (χ3n) is 5.52. The molecule has 1 aromatic heterocycles. The fourth-order valence-electron chi connectivity index (χ4n) is 3.81. The van der Waals surface area contributed by atoms with E-state index >= 15 is 0 Å². The lowest BCUT2D eigenvalue weighted by Gasteiger charge is -2.35. The lowest BCUT2D eigenvalue weighted by molar-refractivity contribution is -0.133. The van der Waals surface area contributed by atoms with E-state index in [1.165, 1.54) is 5.56 Å². The van der Waals surface area contributed by atoms with E-state index in [-0.39, 0.29) is 5.91 Å². The van der Waals surface area contributed by atoms with Gasteiger partial charge in [-0.15, -0.1) is 0 Å². The molecule has 28 heavy (non-hydrogen) atoms. The molecule has 0 aliphatic carbocycles. The number of hydrogen-bond donors (Lipinski definition) is 0. The van der Waals surface area contributed by atoms with Crippen molar-refractivity contribution in [2.24, 2.45) is 0 Å². The number of nitrogens with zero attached hydrogens (tertiary/aromatic N) is 4. The summed E-state index contributed by atoms with van der Waals surface area (Å²) in [6, 6.07) is 14.1. The quantitative estimate of drug-likeness (QED) is 0.659. The molecule has 146 valence electrons. The number of piperazine rings is 1. The summed E-state index contributed by atoms with van der Waals surface area (Å²) < 4.78 is 1.94. The second-order valence-electron chi connectivity index (χ2n) is 7.37. The molecule has 0 bridgehead atoms. The number of aromatic nitrogens is 2. The van der Waals surface area contributed by atoms with Gasteiger partial charge in [0.2, 0.25) is 5.91 Å². The average Bonchev–Trinajstić information content (AvgIpc) is 3.13. The van der Waals surface area contributed by atoms with Crippen molar-refractivity contribution in [3.8, 4) is 0 Å². The maximum Gasteiger partial charge on any atom is 0.224 e. The molecular weight excluding hydrogens is 372 g/mol. The summed E-state index contributed by atoms with van der Waals surface area (Å²) in [4.78, 5) is 17.0. The maximum absolute atomic E-state index is 12.7. The van der Waals surface area contributed by atoms with Gasteiger partial charge >= 0.3 is 0 Å². The van der Waals surface area contributed by atoms with Gasteiger partial charge in [-0.05, 0) is 30.2 Å². The first-order chi connectivity index (χ1) is 13.6. The molecule has 0 N–H and O–H groups in total. The standard InChI is InChI=1S/C22H25ClN4O/c1-17-5-4-8-21-19(17)15-24-27(21)10-9-22(28)26-13-11-25(12-14-26)16-18-6-2-3-7-20(18)23/h2-8,15H,9-14,16H2,1H3. The van der Waals surface area contributed by atoms with Crippen molar-refractivity contribution >= 4 is 28.4 Å². The predicted molar refractivity (Wildman–Crippen MR) is 112 cm³/mol. The molecule has 0 unspecified atom stereocenters. The zero-order chi connectivity index (χ0) is 19.5. The highest BCUT2D eigenvalue weighted by molar-refractivity contribution is 6.31. The Balaban J connectivity index is 1.29. The minimum atomic E-state index is 0.202. The summed E-state index contributed by atoms with van der Waals surface area (Å²) in [5.74, 6) is 0.202. The molecule has 0 saturated carbocycles. The van der Waals surface area contributed by atoms with E-state index in [1.54, 1.807) is 0 Å². The molecule has 4 rings (SSSR count). The van der Waals surface area contributed by atoms with Gasteiger partial charge in [0.15, 0.2) is 0 Å². The summed E-state index contributed by atoms with van der Waals surface area (Å²) in [5.41, 5.74) is 3.45. The topological polar surface area (TPSA) is 41.4 Å². The molecule has 0 spiro atoms. The fraction of sp³-hybridized carbons (Fsp3) is 0.364. The van der Waals surface area contributed by atoms with Crippen LogP contribution in [0.3, 0.4) is 0 Å². The van der Waals surface area contributed by atoms with Gasteiger partial charge in [-0.3, -0.25) is 14.4 Å². The molecule has 2 aromatic carbocycles. The van der Waals surface area contributed by atoms with E-state index < -0.39 is 0 Å². The van der Waals surface area contributed by atoms with Crippen molar-refractivity contribution in [2.75, 3.05) is 26.2 Å². The van der Waals surface area contributed by atoms with E-state index in [2.05, 4.69) is 35.1 Å². The highest BCUT2D eigenvalue weighted by Crippen LogP contribution is 2.19. The number of carbonyl (C=O) groups is 1. The number of fused-ring (bicyclic) bond motifs is 1. The van der Waals surface area contributed by atoms with E-state index in [0.717, 1.165) is 54.2 Å². The highest BCUT2D eigenvalue weighted by Gasteiger charge is 2.21. The third-order valence-corrected chi connectivity index (χ3v) is 5.89. The van der Waals surface area contributed by atoms with Gasteiger partial charge < -0.3 is 4.90 Å². The average molecular weight is 397 g/mol. The Bertz CT molecular complexity index is 976. The van der Waals surface area contributed by atoms with Crippen molar-refractivity contribution in [3.05, 3.63) is 64.8 Å². The molecule has 1 amide bonds. The Morgan fingerprint density at radius 3 is 2.64 bits per heavy atom. The summed E-state index contributed by atoms with van der Waals surface area (Å²) in [6.45, 7) is 6.82. The van der Waals surface area contributed by atoms with Crippen molar-refractivity contribution in [1.29, 1.82) is 0 Å². The minimum absolute atomic E-state index is 0.202. The molecule has 0 radical (unpaired) electrons. The number of hydrogen-bond acceptors (Lipinski definition) is 3. The molecule has 1 aliphatic rings. The van der Waals surface area contributed by atoms with Crippen LogP contribution >= 0.6 is 11.6 Å². The number of carbonyl (C=O) groups excluding carboxylic acids is 1. The fourth-order valence-corrected chi connectivity index (χ4v) is 4.00. The van der Waals surface area contributed by atoms with Gasteiger partial charge in [0, 0.05) is 49.6 Å². The predicted octanol–water partition coefficient (Wildman–Crippen LogP) is 3.73. The first-order valence-corrected chi connectivity index (χ1v) is 10.1. The first-order valence-electron chi connectivity index (χ1n) is 9.76. The van der Waals surface area contributed by atoms with Gasteiger partial charge in [-0.25, -0.2) is 0 Å². The highest BCUT2D eigenvalue weighted by atomic mass is 35.5. The van der Waals surface area contributed by atoms with Crippen LogP contribution in [0.5, 0.6) is 0 Å². The molecule has 6 heteroatoms. The number of halogens is 1. The van der Waals surface area contributed by atoms with Gasteiger partial charge in [0.05, 0.1) is 18.3 Å². The van der Waals surface area contributed by atoms with Crippen LogP contribution in [0.2, 0.25) is 5.02 Å². The van der Waals surface area contributed by atoms with Crippen molar-refractivity contribution in [2.45, 2.75) is 26.4 Å². The molecule has 1 fully saturated rings. The van der Waals surface area contributed by atoms with E-state index in [9.17, 15) is 4.79 Å². The van der Waals surface area contributed by atoms with Crippen LogP contribution in [-0.2, 0) is 17.9 Å². The largest absolute Gasteiger partial charge is 0.340 e. The third kappa shape index (κ3) is 4.05. The summed E-state index contributed by atoms with van der Waals surface area (Å²) in [7, 11) is 0. The Labute approximate surface area is 170 Å². The molecule has 3 aromatic rings. The summed E-state index contributed by atoms with van der Waals surface area (Å²) in [6.07, 6.45) is 2.37. The van der Waals surface area contributed by atoms with Gasteiger partial charge in [-0.1, -0.05) is 41.9 Å². The van der Waals surface area contributed by atoms with E-state index in [0.29, 0.717) is 13.0 Å². The maximum atomic E-state index is 12.7. The number of benzene rings is 2. The van der Waals surface area contributed by atoms with Crippen LogP contribution in [0.25, 0.3) is 10.9 Å². The number of aryl methyl sites for hydroxylation is 2. The Hall–Kier alpha value is -2.37. The second-order valence-corrected chi connectivity index (χ2v) is 7.78. The van der Waals surface area contributed by atoms with Gasteiger partial charge in [0.1, 0.15) is 0 Å². The monoisotopic (exact) mass is 396 g/mol. The molecule has 2 heterocycles. The number of amides is 1. The Morgan fingerprint density at radius 2 is 1.86 bits per heavy atom. The molecule has 1 saturated heterocycles. The smallest absolute Gasteiger partial charge is 0.224 e. The summed E-state index contributed by atoms with van der Waals surface area (Å²) in [5, 5.41) is 6.43. The van der Waals surface area contributed by atoms with Crippen LogP contribution in [0.15, 0.2) is 48.7 Å². The van der Waals surface area contributed by atoms with Gasteiger partial charge in [-0.2, -0.15) is 5.10 Å². The van der Waals surface area contributed by atoms with Crippen LogP contribution in [0, 0.1) is 6.92 Å². The van der Waals surface area contributed by atoms with Crippen molar-refractivity contribution in [1.82, 2.24) is 19.6 Å². The van der Waals surface area contributed by atoms with Crippen molar-refractivity contribution < 1.29 is 4.79 Å². The SMILES string of the molecule is Cc1cccc2c1cnn2CCC(=O)N1CCN(Cc2ccccc2Cl)CC1. The van der Waals surface area contributed by atoms with Crippen molar-refractivity contribution in [3.63, 3.8) is 0 Å². The zero-order valence-corrected chi connectivity index (χ0v) is 16.9. The van der Waals surface area contributed by atoms with E-state index in [1.807, 2.05) is 40.0 Å². The van der Waals surface area contributed by atoms with Gasteiger partial charge in [0.25, 0.3) is 0 Å². The molecule has 1 aliphatic heterocycles. The molecule has 5 nitrogen and oxygen atoms in total. The molecule has 0 atom stereocenters. The Kier molecular flexibility index (Phi) is 5.64. The van der Waals surface area contributed by atoms with Crippen LogP contribution in [0.1, 0.15) is 17.5 Å². The van der Waals surface area contributed by atoms with Crippen LogP contribution in [-0.4, -0.2) is 51.7 Å². The summed E-state index contributed by atoms with van der Waals surface area (Å²) >= 11 is 6.26. The Morgan fingerprint density at radius 1 is 1.07 bits per heavy atom. The van der Waals surface area contributed by atoms with E-state index in [4.69, 9.17) is 11.6 Å². The first kappa shape index (κ1) is 19.0. The lowest BCUT2D eigenvalue weighted by Crippen LogP contribution is -2.48. The minimum Gasteiger partial charge on any atom is -0.340 e. The zero-order valence-electron chi connectivity index (χ0n) is 16.1. The lowest BCUT2D eigenvalue weighted by atomic mass is 10.1.